The summed E-state index contributed by atoms with van der Waals surface area (Å²) in [5, 5.41) is 6.14. The smallest absolute Gasteiger partial charge is 0.406 e. The second-order valence-electron chi connectivity index (χ2n) is 9.98. The molecular formula is C31H30F3N5O2. The first kappa shape index (κ1) is 28.1. The predicted octanol–water partition coefficient (Wildman–Crippen LogP) is 7.33. The fraction of sp³-hybridized carbons (Fsp3) is 0.258. The number of amides is 1. The van der Waals surface area contributed by atoms with Crippen molar-refractivity contribution in [1.82, 2.24) is 14.9 Å². The number of halogens is 3. The average molecular weight is 562 g/mol. The van der Waals surface area contributed by atoms with Crippen LogP contribution in [0.15, 0.2) is 79.0 Å². The largest absolute Gasteiger partial charge is 0.573 e. The Balaban J connectivity index is 1.21. The van der Waals surface area contributed by atoms with Crippen LogP contribution in [0.5, 0.6) is 5.75 Å². The minimum absolute atomic E-state index is 0.203. The van der Waals surface area contributed by atoms with E-state index < -0.39 is 6.36 Å². The lowest BCUT2D eigenvalue weighted by molar-refractivity contribution is -0.274. The molecule has 10 heteroatoms. The molecule has 0 bridgehead atoms. The van der Waals surface area contributed by atoms with Gasteiger partial charge in [0.25, 0.3) is 5.91 Å². The molecule has 3 aromatic carbocycles. The summed E-state index contributed by atoms with van der Waals surface area (Å²) in [6.07, 6.45) is 0.557. The van der Waals surface area contributed by atoms with E-state index in [2.05, 4.69) is 42.4 Å². The van der Waals surface area contributed by atoms with Crippen molar-refractivity contribution in [3.05, 3.63) is 95.7 Å². The Morgan fingerprint density at radius 3 is 2.39 bits per heavy atom. The van der Waals surface area contributed by atoms with E-state index in [0.29, 0.717) is 28.5 Å². The van der Waals surface area contributed by atoms with Gasteiger partial charge < -0.3 is 15.4 Å². The molecule has 0 saturated carbocycles. The third-order valence-electron chi connectivity index (χ3n) is 6.85. The number of nitrogens with one attached hydrogen (secondary N) is 2. The minimum atomic E-state index is -4.75. The Morgan fingerprint density at radius 2 is 1.68 bits per heavy atom. The number of aromatic nitrogens is 2. The number of alkyl halides is 3. The van der Waals surface area contributed by atoms with Gasteiger partial charge in [0, 0.05) is 35.2 Å². The quantitative estimate of drug-likeness (QED) is 0.235. The molecule has 1 amide bonds. The van der Waals surface area contributed by atoms with Crippen LogP contribution in [0.2, 0.25) is 0 Å². The Hall–Kier alpha value is -4.44. The van der Waals surface area contributed by atoms with Gasteiger partial charge >= 0.3 is 6.36 Å². The van der Waals surface area contributed by atoms with Gasteiger partial charge in [0.2, 0.25) is 5.95 Å². The lowest BCUT2D eigenvalue weighted by Gasteiger charge is -2.26. The van der Waals surface area contributed by atoms with E-state index in [1.54, 1.807) is 36.5 Å². The van der Waals surface area contributed by atoms with Crippen molar-refractivity contribution >= 4 is 23.2 Å². The Kier molecular flexibility index (Phi) is 8.49. The first-order valence-electron chi connectivity index (χ1n) is 13.4. The molecule has 1 aliphatic rings. The summed E-state index contributed by atoms with van der Waals surface area (Å²) < 4.78 is 41.2. The summed E-state index contributed by atoms with van der Waals surface area (Å²) in [5.41, 5.74) is 5.29. The molecule has 1 saturated heterocycles. The molecule has 0 unspecified atom stereocenters. The van der Waals surface area contributed by atoms with Crippen LogP contribution in [0.25, 0.3) is 11.3 Å². The number of hydrogen-bond acceptors (Lipinski definition) is 6. The molecule has 41 heavy (non-hydrogen) atoms. The fourth-order valence-electron chi connectivity index (χ4n) is 4.71. The van der Waals surface area contributed by atoms with Crippen molar-refractivity contribution in [3.63, 3.8) is 0 Å². The molecule has 0 atom stereocenters. The van der Waals surface area contributed by atoms with Crippen LogP contribution < -0.4 is 15.4 Å². The predicted molar refractivity (Wildman–Crippen MR) is 152 cm³/mol. The van der Waals surface area contributed by atoms with Crippen LogP contribution in [-0.4, -0.2) is 40.2 Å². The molecule has 212 valence electrons. The lowest BCUT2D eigenvalue weighted by Crippen LogP contribution is -2.29. The molecule has 7 nitrogen and oxygen atoms in total. The summed E-state index contributed by atoms with van der Waals surface area (Å²) in [6, 6.07) is 20.3. The molecule has 0 spiro atoms. The van der Waals surface area contributed by atoms with Crippen molar-refractivity contribution in [2.75, 3.05) is 23.7 Å². The second-order valence-corrected chi connectivity index (χ2v) is 9.98. The van der Waals surface area contributed by atoms with Crippen molar-refractivity contribution < 1.29 is 22.7 Å². The maximum atomic E-state index is 13.0. The number of carbonyl (C=O) groups excluding carboxylic acids is 1. The Labute approximate surface area is 236 Å². The normalized spacial score (nSPS) is 14.0. The van der Waals surface area contributed by atoms with Gasteiger partial charge in [-0.25, -0.2) is 9.97 Å². The summed E-state index contributed by atoms with van der Waals surface area (Å²) in [5.74, 6) is -0.208. The van der Waals surface area contributed by atoms with Crippen molar-refractivity contribution in [3.8, 4) is 17.0 Å². The van der Waals surface area contributed by atoms with Crippen LogP contribution in [0, 0.1) is 6.92 Å². The first-order chi connectivity index (χ1) is 19.7. The molecule has 4 aromatic rings. The Morgan fingerprint density at radius 1 is 0.951 bits per heavy atom. The number of hydrogen-bond donors (Lipinski definition) is 2. The molecule has 1 aromatic heterocycles. The van der Waals surface area contributed by atoms with E-state index in [9.17, 15) is 18.0 Å². The minimum Gasteiger partial charge on any atom is -0.406 e. The fourth-order valence-corrected chi connectivity index (χ4v) is 4.71. The standard InChI is InChI=1S/C31H30F3N5O2/c1-21-5-6-22(20-39-17-3-2-4-18-39)19-28(21)37-29(40)24-7-11-25(12-8-24)36-30-35-16-15-27(38-30)23-9-13-26(14-10-23)41-31(32,33)34/h5-16,19H,2-4,17-18,20H2,1H3,(H,37,40)(H,35,36,38). The zero-order valence-corrected chi connectivity index (χ0v) is 22.5. The summed E-state index contributed by atoms with van der Waals surface area (Å²) in [7, 11) is 0. The third kappa shape index (κ3) is 7.82. The molecular weight excluding hydrogens is 531 g/mol. The van der Waals surface area contributed by atoms with Crippen molar-refractivity contribution in [1.29, 1.82) is 0 Å². The summed E-state index contributed by atoms with van der Waals surface area (Å²) in [6.45, 7) is 5.08. The summed E-state index contributed by atoms with van der Waals surface area (Å²) in [4.78, 5) is 24.1. The Bertz CT molecular complexity index is 1490. The van der Waals surface area contributed by atoms with E-state index in [0.717, 1.165) is 30.9 Å². The van der Waals surface area contributed by atoms with Gasteiger partial charge in [0.05, 0.1) is 5.69 Å². The van der Waals surface area contributed by atoms with Crippen LogP contribution in [0.1, 0.15) is 40.7 Å². The number of likely N-dealkylation sites (tertiary alicyclic amines) is 1. The zero-order chi connectivity index (χ0) is 28.8. The van der Waals surface area contributed by atoms with Gasteiger partial charge in [0.15, 0.2) is 0 Å². The van der Waals surface area contributed by atoms with Gasteiger partial charge in [-0.05, 0) is 105 Å². The zero-order valence-electron chi connectivity index (χ0n) is 22.5. The number of nitrogens with zero attached hydrogens (tertiary/aromatic N) is 3. The van der Waals surface area contributed by atoms with Gasteiger partial charge in [-0.15, -0.1) is 13.2 Å². The third-order valence-corrected chi connectivity index (χ3v) is 6.85. The average Bonchev–Trinajstić information content (AvgIpc) is 2.95. The number of rotatable bonds is 8. The number of anilines is 3. The number of ether oxygens (including phenoxy) is 1. The molecule has 0 radical (unpaired) electrons. The maximum absolute atomic E-state index is 13.0. The van der Waals surface area contributed by atoms with Crippen LogP contribution in [-0.2, 0) is 6.54 Å². The second kappa shape index (κ2) is 12.4. The topological polar surface area (TPSA) is 79.4 Å². The lowest BCUT2D eigenvalue weighted by atomic mass is 10.1. The van der Waals surface area contributed by atoms with E-state index >= 15 is 0 Å². The van der Waals surface area contributed by atoms with Crippen molar-refractivity contribution in [2.45, 2.75) is 39.1 Å². The van der Waals surface area contributed by atoms with Gasteiger partial charge in [-0.2, -0.15) is 0 Å². The van der Waals surface area contributed by atoms with Gasteiger partial charge in [-0.3, -0.25) is 9.69 Å². The van der Waals surface area contributed by atoms with Crippen LogP contribution in [0.3, 0.4) is 0 Å². The highest BCUT2D eigenvalue weighted by molar-refractivity contribution is 6.04. The summed E-state index contributed by atoms with van der Waals surface area (Å²) >= 11 is 0. The van der Waals surface area contributed by atoms with Gasteiger partial charge in [0.1, 0.15) is 5.75 Å². The van der Waals surface area contributed by atoms with Crippen LogP contribution >= 0.6 is 0 Å². The molecule has 1 fully saturated rings. The number of aryl methyl sites for hydroxylation is 1. The molecule has 5 rings (SSSR count). The number of piperidine rings is 1. The molecule has 2 N–H and O–H groups in total. The highest BCUT2D eigenvalue weighted by atomic mass is 19.4. The SMILES string of the molecule is Cc1ccc(CN2CCCCC2)cc1NC(=O)c1ccc(Nc2nccc(-c3ccc(OC(F)(F)F)cc3)n2)cc1. The van der Waals surface area contributed by atoms with Gasteiger partial charge in [-0.1, -0.05) is 18.6 Å². The highest BCUT2D eigenvalue weighted by Gasteiger charge is 2.31. The molecule has 0 aliphatic carbocycles. The van der Waals surface area contributed by atoms with E-state index in [1.807, 2.05) is 13.0 Å². The molecule has 2 heterocycles. The maximum Gasteiger partial charge on any atom is 0.573 e. The molecule has 1 aliphatic heterocycles. The van der Waals surface area contributed by atoms with E-state index in [4.69, 9.17) is 0 Å². The van der Waals surface area contributed by atoms with Crippen molar-refractivity contribution in [2.24, 2.45) is 0 Å². The monoisotopic (exact) mass is 561 g/mol. The van der Waals surface area contributed by atoms with E-state index in [-0.39, 0.29) is 11.7 Å². The number of benzene rings is 3. The van der Waals surface area contributed by atoms with E-state index in [1.165, 1.54) is 49.1 Å². The first-order valence-corrected chi connectivity index (χ1v) is 13.4. The van der Waals surface area contributed by atoms with Crippen LogP contribution in [0.4, 0.5) is 30.5 Å². The highest BCUT2D eigenvalue weighted by Crippen LogP contribution is 2.27. The number of carbonyl (C=O) groups is 1.